The van der Waals surface area contributed by atoms with Gasteiger partial charge in [0.15, 0.2) is 5.69 Å². The summed E-state index contributed by atoms with van der Waals surface area (Å²) in [5, 5.41) is 3.91. The van der Waals surface area contributed by atoms with Crippen molar-refractivity contribution in [3.05, 3.63) is 17.5 Å². The summed E-state index contributed by atoms with van der Waals surface area (Å²) < 4.78 is 6.01. The monoisotopic (exact) mass is 185 g/mol. The van der Waals surface area contributed by atoms with Gasteiger partial charge in [-0.1, -0.05) is 0 Å². The topological polar surface area (TPSA) is 79.4 Å². The van der Waals surface area contributed by atoms with E-state index in [0.29, 0.717) is 5.69 Å². The molecule has 6 nitrogen and oxygen atoms in total. The Labute approximate surface area is 75.2 Å². The lowest BCUT2D eigenvalue weighted by molar-refractivity contribution is 0.0593. The minimum absolute atomic E-state index is 0.209. The van der Waals surface area contributed by atoms with Crippen molar-refractivity contribution in [2.45, 2.75) is 6.61 Å². The number of hydrogen-bond donors (Lipinski definition) is 1. The van der Waals surface area contributed by atoms with Crippen LogP contribution >= 0.6 is 0 Å². The van der Waals surface area contributed by atoms with Gasteiger partial charge in [0.25, 0.3) is 0 Å². The third kappa shape index (κ3) is 2.04. The third-order valence-electron chi connectivity index (χ3n) is 1.60. The summed E-state index contributed by atoms with van der Waals surface area (Å²) in [5.41, 5.74) is 0.958. The van der Waals surface area contributed by atoms with Crippen LogP contribution in [0.2, 0.25) is 0 Å². The summed E-state index contributed by atoms with van der Waals surface area (Å²) in [6.45, 7) is 0.209. The molecule has 0 fully saturated rings. The van der Waals surface area contributed by atoms with E-state index in [1.54, 1.807) is 13.1 Å². The van der Waals surface area contributed by atoms with Crippen LogP contribution in [-0.2, 0) is 23.2 Å². The number of ether oxygens (including phenoxy) is 1. The Morgan fingerprint density at radius 2 is 2.46 bits per heavy atom. The van der Waals surface area contributed by atoms with Gasteiger partial charge in [-0.3, -0.25) is 9.52 Å². The number of esters is 1. The van der Waals surface area contributed by atoms with E-state index in [2.05, 4.69) is 14.7 Å². The number of methoxy groups -OCH3 is 1. The van der Waals surface area contributed by atoms with Gasteiger partial charge in [0.2, 0.25) is 0 Å². The minimum Gasteiger partial charge on any atom is -0.464 e. The maximum Gasteiger partial charge on any atom is 0.358 e. The maximum absolute atomic E-state index is 11.0. The second-order valence-electron chi connectivity index (χ2n) is 2.45. The highest BCUT2D eigenvalue weighted by Gasteiger charge is 2.12. The van der Waals surface area contributed by atoms with Crippen LogP contribution in [0, 0.1) is 0 Å². The Kier molecular flexibility index (Phi) is 2.99. The van der Waals surface area contributed by atoms with E-state index in [1.165, 1.54) is 11.8 Å². The molecule has 1 heterocycles. The van der Waals surface area contributed by atoms with E-state index in [4.69, 9.17) is 5.90 Å². The van der Waals surface area contributed by atoms with Crippen molar-refractivity contribution in [1.82, 2.24) is 9.78 Å². The average molecular weight is 185 g/mol. The molecule has 1 rings (SSSR count). The van der Waals surface area contributed by atoms with E-state index < -0.39 is 5.97 Å². The largest absolute Gasteiger partial charge is 0.464 e. The second-order valence-corrected chi connectivity index (χ2v) is 2.45. The molecule has 0 spiro atoms. The van der Waals surface area contributed by atoms with Crippen LogP contribution in [0.5, 0.6) is 0 Å². The van der Waals surface area contributed by atoms with Crippen LogP contribution in [0.3, 0.4) is 0 Å². The van der Waals surface area contributed by atoms with E-state index in [-0.39, 0.29) is 12.3 Å². The molecule has 1 aromatic heterocycles. The van der Waals surface area contributed by atoms with Crippen LogP contribution in [0.4, 0.5) is 0 Å². The molecule has 0 aliphatic heterocycles. The van der Waals surface area contributed by atoms with Crippen LogP contribution in [0.1, 0.15) is 16.2 Å². The van der Waals surface area contributed by atoms with Gasteiger partial charge in [-0.05, 0) is 6.07 Å². The highest BCUT2D eigenvalue weighted by atomic mass is 16.6. The van der Waals surface area contributed by atoms with Gasteiger partial charge in [-0.2, -0.15) is 5.10 Å². The van der Waals surface area contributed by atoms with Crippen molar-refractivity contribution < 1.29 is 14.4 Å². The number of nitrogens with zero attached hydrogens (tertiary/aromatic N) is 2. The Morgan fingerprint density at radius 3 is 3.00 bits per heavy atom. The van der Waals surface area contributed by atoms with Crippen molar-refractivity contribution in [1.29, 1.82) is 0 Å². The quantitative estimate of drug-likeness (QED) is 0.512. The Hall–Kier alpha value is -1.40. The summed E-state index contributed by atoms with van der Waals surface area (Å²) in [7, 11) is 3.00. The molecule has 6 heteroatoms. The smallest absolute Gasteiger partial charge is 0.358 e. The molecule has 0 unspecified atom stereocenters. The number of aryl methyl sites for hydroxylation is 1. The van der Waals surface area contributed by atoms with Crippen molar-refractivity contribution in [3.63, 3.8) is 0 Å². The second kappa shape index (κ2) is 4.01. The summed E-state index contributed by atoms with van der Waals surface area (Å²) in [6.07, 6.45) is 0. The van der Waals surface area contributed by atoms with Crippen molar-refractivity contribution in [2.75, 3.05) is 7.11 Å². The number of rotatable bonds is 3. The molecule has 0 radical (unpaired) electrons. The molecule has 0 aliphatic rings. The zero-order chi connectivity index (χ0) is 9.84. The van der Waals surface area contributed by atoms with Crippen molar-refractivity contribution >= 4 is 5.97 Å². The summed E-state index contributed by atoms with van der Waals surface area (Å²) in [5.74, 6) is 4.42. The lowest BCUT2D eigenvalue weighted by Gasteiger charge is -1.96. The first-order valence-electron chi connectivity index (χ1n) is 3.62. The Bertz CT molecular complexity index is 308. The minimum atomic E-state index is -0.473. The molecule has 0 atom stereocenters. The average Bonchev–Trinajstić information content (AvgIpc) is 2.47. The first-order chi connectivity index (χ1) is 6.19. The van der Waals surface area contributed by atoms with Gasteiger partial charge >= 0.3 is 5.97 Å². The first kappa shape index (κ1) is 9.69. The molecule has 72 valence electrons. The van der Waals surface area contributed by atoms with Gasteiger partial charge in [0.1, 0.15) is 6.61 Å². The zero-order valence-corrected chi connectivity index (χ0v) is 7.48. The lowest BCUT2D eigenvalue weighted by atomic mass is 10.3. The van der Waals surface area contributed by atoms with Gasteiger partial charge < -0.3 is 4.74 Å². The molecule has 0 amide bonds. The Morgan fingerprint density at radius 1 is 1.77 bits per heavy atom. The first-order valence-corrected chi connectivity index (χ1v) is 3.62. The summed E-state index contributed by atoms with van der Waals surface area (Å²) >= 11 is 0. The fourth-order valence-corrected chi connectivity index (χ4v) is 0.931. The number of carbonyl (C=O) groups is 1. The normalized spacial score (nSPS) is 10.1. The van der Waals surface area contributed by atoms with Gasteiger partial charge in [0, 0.05) is 7.05 Å². The Balaban J connectivity index is 2.88. The molecule has 0 aromatic carbocycles. The van der Waals surface area contributed by atoms with E-state index in [0.717, 1.165) is 0 Å². The van der Waals surface area contributed by atoms with Gasteiger partial charge in [-0.15, -0.1) is 0 Å². The highest BCUT2D eigenvalue weighted by Crippen LogP contribution is 2.04. The predicted octanol–water partition coefficient (Wildman–Crippen LogP) is -0.403. The van der Waals surface area contributed by atoms with Crippen LogP contribution in [0.25, 0.3) is 0 Å². The number of carbonyl (C=O) groups excluding carboxylic acids is 1. The molecule has 0 saturated heterocycles. The molecule has 0 saturated carbocycles. The molecule has 0 bridgehead atoms. The van der Waals surface area contributed by atoms with E-state index >= 15 is 0 Å². The number of aromatic nitrogens is 2. The standard InChI is InChI=1S/C7H11N3O3/c1-10-5(4-13-8)3-6(9-10)7(11)12-2/h3H,4,8H2,1-2H3. The lowest BCUT2D eigenvalue weighted by Crippen LogP contribution is -2.05. The fraction of sp³-hybridized carbons (Fsp3) is 0.429. The molecular formula is C7H11N3O3. The predicted molar refractivity (Wildman–Crippen MR) is 43.5 cm³/mol. The van der Waals surface area contributed by atoms with Gasteiger partial charge in [0.05, 0.1) is 12.8 Å². The van der Waals surface area contributed by atoms with E-state index in [1.807, 2.05) is 0 Å². The van der Waals surface area contributed by atoms with Crippen LogP contribution in [-0.4, -0.2) is 22.9 Å². The fourth-order valence-electron chi connectivity index (χ4n) is 0.931. The molecule has 0 aliphatic carbocycles. The maximum atomic E-state index is 11.0. The summed E-state index contributed by atoms with van der Waals surface area (Å²) in [6, 6.07) is 1.57. The molecule has 2 N–H and O–H groups in total. The summed E-state index contributed by atoms with van der Waals surface area (Å²) in [4.78, 5) is 15.4. The molecule has 13 heavy (non-hydrogen) atoms. The zero-order valence-electron chi connectivity index (χ0n) is 7.48. The van der Waals surface area contributed by atoms with Crippen molar-refractivity contribution in [2.24, 2.45) is 12.9 Å². The van der Waals surface area contributed by atoms with E-state index in [9.17, 15) is 4.79 Å². The molecule has 1 aromatic rings. The van der Waals surface area contributed by atoms with Crippen LogP contribution < -0.4 is 5.90 Å². The van der Waals surface area contributed by atoms with Crippen molar-refractivity contribution in [3.8, 4) is 0 Å². The highest BCUT2D eigenvalue weighted by molar-refractivity contribution is 5.87. The third-order valence-corrected chi connectivity index (χ3v) is 1.60. The number of nitrogens with two attached hydrogens (primary N) is 1. The number of hydrogen-bond acceptors (Lipinski definition) is 5. The SMILES string of the molecule is COC(=O)c1cc(CON)n(C)n1. The van der Waals surface area contributed by atoms with Gasteiger partial charge in [-0.25, -0.2) is 10.7 Å². The van der Waals surface area contributed by atoms with Crippen LogP contribution in [0.15, 0.2) is 6.07 Å². The molecular weight excluding hydrogens is 174 g/mol.